The van der Waals surface area contributed by atoms with Gasteiger partial charge < -0.3 is 5.73 Å². The molecule has 0 saturated heterocycles. The summed E-state index contributed by atoms with van der Waals surface area (Å²) in [6.45, 7) is 1.98. The molecule has 2 N–H and O–H groups in total. The van der Waals surface area contributed by atoms with Gasteiger partial charge in [0.1, 0.15) is 5.82 Å². The second kappa shape index (κ2) is 5.03. The third kappa shape index (κ3) is 2.38. The summed E-state index contributed by atoms with van der Waals surface area (Å²) in [6.07, 6.45) is 2.82. The number of nitrogens with zero attached hydrogens (tertiary/aromatic N) is 4. The SMILES string of the molecule is Cc1ccnc([C@H]2C[C@@H]2c2ccc3c(C#N)cc(N)cc3n2)n1. The first-order valence-corrected chi connectivity index (χ1v) is 7.55. The standard InChI is InChI=1S/C18H15N5/c1-10-4-5-21-18(22-10)15-8-14(15)16-3-2-13-11(9-19)6-12(20)7-17(13)23-16/h2-7,14-15H,8,20H2,1H3/t14-,15-/m0/s1. The van der Waals surface area contributed by atoms with Crippen LogP contribution in [0.3, 0.4) is 0 Å². The maximum absolute atomic E-state index is 9.22. The Morgan fingerprint density at radius 3 is 2.83 bits per heavy atom. The van der Waals surface area contributed by atoms with Crippen molar-refractivity contribution in [1.82, 2.24) is 15.0 Å². The summed E-state index contributed by atoms with van der Waals surface area (Å²) in [5, 5.41) is 10.1. The van der Waals surface area contributed by atoms with Crippen LogP contribution < -0.4 is 5.73 Å². The van der Waals surface area contributed by atoms with Gasteiger partial charge in [-0.2, -0.15) is 5.26 Å². The molecule has 0 aliphatic heterocycles. The summed E-state index contributed by atoms with van der Waals surface area (Å²) in [5.74, 6) is 1.56. The number of benzene rings is 1. The van der Waals surface area contributed by atoms with Crippen LogP contribution in [0.25, 0.3) is 10.9 Å². The average Bonchev–Trinajstić information content (AvgIpc) is 3.34. The van der Waals surface area contributed by atoms with E-state index in [0.717, 1.165) is 34.5 Å². The summed E-state index contributed by atoms with van der Waals surface area (Å²) in [4.78, 5) is 13.6. The van der Waals surface area contributed by atoms with Crippen LogP contribution in [0.1, 0.15) is 41.0 Å². The molecule has 5 nitrogen and oxygen atoms in total. The van der Waals surface area contributed by atoms with Crippen LogP contribution >= 0.6 is 0 Å². The van der Waals surface area contributed by atoms with Gasteiger partial charge in [-0.25, -0.2) is 9.97 Å². The second-order valence-corrected chi connectivity index (χ2v) is 5.99. The third-order valence-electron chi connectivity index (χ3n) is 4.29. The van der Waals surface area contributed by atoms with Gasteiger partial charge in [0.2, 0.25) is 0 Å². The van der Waals surface area contributed by atoms with E-state index in [2.05, 4.69) is 16.0 Å². The topological polar surface area (TPSA) is 88.5 Å². The molecule has 0 radical (unpaired) electrons. The van der Waals surface area contributed by atoms with Crippen LogP contribution in [0.15, 0.2) is 36.5 Å². The molecule has 2 aromatic heterocycles. The minimum atomic E-state index is 0.330. The third-order valence-corrected chi connectivity index (χ3v) is 4.29. The molecule has 0 amide bonds. The van der Waals surface area contributed by atoms with Crippen LogP contribution in [0.4, 0.5) is 5.69 Å². The van der Waals surface area contributed by atoms with E-state index >= 15 is 0 Å². The number of nitriles is 1. The highest BCUT2D eigenvalue weighted by Crippen LogP contribution is 2.53. The van der Waals surface area contributed by atoms with Crippen molar-refractivity contribution in [2.45, 2.75) is 25.2 Å². The number of fused-ring (bicyclic) bond motifs is 1. The molecule has 112 valence electrons. The Hall–Kier alpha value is -3.00. The lowest BCUT2D eigenvalue weighted by Crippen LogP contribution is -1.97. The van der Waals surface area contributed by atoms with Crippen LogP contribution in [0.5, 0.6) is 0 Å². The van der Waals surface area contributed by atoms with Gasteiger partial charge in [-0.15, -0.1) is 0 Å². The number of aromatic nitrogens is 3. The van der Waals surface area contributed by atoms with Crippen molar-refractivity contribution in [2.24, 2.45) is 0 Å². The van der Waals surface area contributed by atoms with Gasteiger partial charge in [-0.1, -0.05) is 0 Å². The first kappa shape index (κ1) is 13.6. The Labute approximate surface area is 133 Å². The average molecular weight is 301 g/mol. The summed E-state index contributed by atoms with van der Waals surface area (Å²) >= 11 is 0. The van der Waals surface area contributed by atoms with Crippen molar-refractivity contribution in [1.29, 1.82) is 5.26 Å². The molecule has 5 heteroatoms. The lowest BCUT2D eigenvalue weighted by atomic mass is 10.1. The maximum atomic E-state index is 9.22. The molecule has 2 atom stereocenters. The first-order valence-electron chi connectivity index (χ1n) is 7.55. The van der Waals surface area contributed by atoms with E-state index < -0.39 is 0 Å². The molecular weight excluding hydrogens is 286 g/mol. The van der Waals surface area contributed by atoms with Gasteiger partial charge >= 0.3 is 0 Å². The van der Waals surface area contributed by atoms with Crippen molar-refractivity contribution in [3.05, 3.63) is 59.3 Å². The van der Waals surface area contributed by atoms with Crippen molar-refractivity contribution in [2.75, 3.05) is 5.73 Å². The lowest BCUT2D eigenvalue weighted by molar-refractivity contribution is 0.867. The summed E-state index contributed by atoms with van der Waals surface area (Å²) < 4.78 is 0. The number of hydrogen-bond acceptors (Lipinski definition) is 5. The Bertz CT molecular complexity index is 957. The Morgan fingerprint density at radius 2 is 2.04 bits per heavy atom. The van der Waals surface area contributed by atoms with Crippen molar-refractivity contribution >= 4 is 16.6 Å². The van der Waals surface area contributed by atoms with Gasteiger partial charge in [-0.05, 0) is 43.7 Å². The fourth-order valence-corrected chi connectivity index (χ4v) is 3.03. The highest BCUT2D eigenvalue weighted by atomic mass is 14.9. The zero-order chi connectivity index (χ0) is 16.0. The molecule has 1 aliphatic rings. The van der Waals surface area contributed by atoms with E-state index in [4.69, 9.17) is 10.7 Å². The zero-order valence-electron chi connectivity index (χ0n) is 12.7. The number of nitrogen functional groups attached to an aromatic ring is 1. The highest BCUT2D eigenvalue weighted by molar-refractivity contribution is 5.87. The number of nitrogens with two attached hydrogens (primary N) is 1. The number of hydrogen-bond donors (Lipinski definition) is 1. The molecular formula is C18H15N5. The molecule has 23 heavy (non-hydrogen) atoms. The molecule has 1 fully saturated rings. The predicted octanol–water partition coefficient (Wildman–Crippen LogP) is 3.06. The number of pyridine rings is 1. The fraction of sp³-hybridized carbons (Fsp3) is 0.222. The highest BCUT2D eigenvalue weighted by Gasteiger charge is 2.42. The van der Waals surface area contributed by atoms with Crippen LogP contribution in [0, 0.1) is 18.3 Å². The van der Waals surface area contributed by atoms with Crippen molar-refractivity contribution < 1.29 is 0 Å². The lowest BCUT2D eigenvalue weighted by Gasteiger charge is -2.05. The van der Waals surface area contributed by atoms with Gasteiger partial charge in [-0.3, -0.25) is 4.98 Å². The molecule has 1 aromatic carbocycles. The monoisotopic (exact) mass is 301 g/mol. The van der Waals surface area contributed by atoms with E-state index in [9.17, 15) is 5.26 Å². The Kier molecular flexibility index (Phi) is 2.98. The van der Waals surface area contributed by atoms with E-state index in [0.29, 0.717) is 23.1 Å². The van der Waals surface area contributed by atoms with Crippen LogP contribution in [-0.4, -0.2) is 15.0 Å². The van der Waals surface area contributed by atoms with Crippen LogP contribution in [-0.2, 0) is 0 Å². The maximum Gasteiger partial charge on any atom is 0.132 e. The molecule has 1 aliphatic carbocycles. The predicted molar refractivity (Wildman–Crippen MR) is 87.7 cm³/mol. The molecule has 0 spiro atoms. The number of rotatable bonds is 2. The van der Waals surface area contributed by atoms with Gasteiger partial charge in [0.25, 0.3) is 0 Å². The van der Waals surface area contributed by atoms with E-state index in [1.54, 1.807) is 12.3 Å². The second-order valence-electron chi connectivity index (χ2n) is 5.99. The van der Waals surface area contributed by atoms with E-state index in [1.807, 2.05) is 31.2 Å². The summed E-state index contributed by atoms with van der Waals surface area (Å²) in [6, 6.07) is 11.5. The molecule has 1 saturated carbocycles. The summed E-state index contributed by atoms with van der Waals surface area (Å²) in [5.41, 5.74) is 9.77. The molecule has 0 unspecified atom stereocenters. The van der Waals surface area contributed by atoms with Crippen molar-refractivity contribution in [3.63, 3.8) is 0 Å². The van der Waals surface area contributed by atoms with Crippen LogP contribution in [0.2, 0.25) is 0 Å². The van der Waals surface area contributed by atoms with Crippen molar-refractivity contribution in [3.8, 4) is 6.07 Å². The quantitative estimate of drug-likeness (QED) is 0.735. The van der Waals surface area contributed by atoms with E-state index in [-0.39, 0.29) is 0 Å². The largest absolute Gasteiger partial charge is 0.399 e. The van der Waals surface area contributed by atoms with Gasteiger partial charge in [0.05, 0.1) is 17.1 Å². The molecule has 3 aromatic rings. The minimum Gasteiger partial charge on any atom is -0.399 e. The van der Waals surface area contributed by atoms with Gasteiger partial charge in [0, 0.05) is 40.5 Å². The minimum absolute atomic E-state index is 0.330. The molecule has 2 heterocycles. The first-order chi connectivity index (χ1) is 11.2. The summed E-state index contributed by atoms with van der Waals surface area (Å²) in [7, 11) is 0. The Morgan fingerprint density at radius 1 is 1.17 bits per heavy atom. The number of anilines is 1. The zero-order valence-corrected chi connectivity index (χ0v) is 12.7. The number of aryl methyl sites for hydroxylation is 1. The molecule has 0 bridgehead atoms. The fourth-order valence-electron chi connectivity index (χ4n) is 3.03. The van der Waals surface area contributed by atoms with Gasteiger partial charge in [0.15, 0.2) is 0 Å². The normalized spacial score (nSPS) is 19.5. The molecule has 4 rings (SSSR count). The Balaban J connectivity index is 1.70. The smallest absolute Gasteiger partial charge is 0.132 e. The van der Waals surface area contributed by atoms with E-state index in [1.165, 1.54) is 0 Å².